The van der Waals surface area contributed by atoms with Crippen molar-refractivity contribution in [3.63, 3.8) is 0 Å². The predicted octanol–water partition coefficient (Wildman–Crippen LogP) is 7.49. The number of hydrogen-bond donors (Lipinski definition) is 1. The van der Waals surface area contributed by atoms with E-state index >= 15 is 0 Å². The zero-order valence-electron chi connectivity index (χ0n) is 24.5. The molecule has 46 heavy (non-hydrogen) atoms. The molecule has 1 saturated carbocycles. The number of rotatable bonds is 9. The molecule has 4 aromatic rings. The Labute approximate surface area is 265 Å². The first-order valence-corrected chi connectivity index (χ1v) is 15.4. The topological polar surface area (TPSA) is 76.8 Å². The Hall–Kier alpha value is -3.74. The zero-order chi connectivity index (χ0) is 32.3. The molecule has 3 aromatic carbocycles. The summed E-state index contributed by atoms with van der Waals surface area (Å²) < 4.78 is 84.0. The summed E-state index contributed by atoms with van der Waals surface area (Å²) >= 11 is 5.68. The van der Waals surface area contributed by atoms with Gasteiger partial charge in [0, 0.05) is 24.7 Å². The average molecular weight is 662 g/mol. The van der Waals surface area contributed by atoms with Crippen LogP contribution in [0.25, 0.3) is 11.0 Å². The number of benzene rings is 3. The number of alkyl halides is 3. The summed E-state index contributed by atoms with van der Waals surface area (Å²) in [6, 6.07) is 7.46. The summed E-state index contributed by atoms with van der Waals surface area (Å²) in [7, 11) is 0. The summed E-state index contributed by atoms with van der Waals surface area (Å²) in [5.41, 5.74) is 2.20. The Kier molecular flexibility index (Phi) is 7.93. The number of hydrogen-bond acceptors (Lipinski definition) is 5. The van der Waals surface area contributed by atoms with Crippen molar-refractivity contribution in [1.29, 1.82) is 0 Å². The smallest absolute Gasteiger partial charge is 0.419 e. The van der Waals surface area contributed by atoms with Gasteiger partial charge in [-0.05, 0) is 84.7 Å². The molecule has 1 saturated heterocycles. The summed E-state index contributed by atoms with van der Waals surface area (Å²) in [4.78, 5) is 19.0. The highest BCUT2D eigenvalue weighted by molar-refractivity contribution is 6.30. The summed E-state index contributed by atoms with van der Waals surface area (Å²) in [6.45, 7) is 1.53. The van der Waals surface area contributed by atoms with Crippen molar-refractivity contribution >= 4 is 28.6 Å². The Balaban J connectivity index is 1.19. The number of halogens is 6. The number of carboxylic acid groups (broad SMARTS) is 1. The maximum Gasteiger partial charge on any atom is 0.419 e. The molecule has 7 nitrogen and oxygen atoms in total. The van der Waals surface area contributed by atoms with E-state index in [-0.39, 0.29) is 29.2 Å². The van der Waals surface area contributed by atoms with E-state index in [4.69, 9.17) is 26.1 Å². The van der Waals surface area contributed by atoms with Gasteiger partial charge in [0.05, 0.1) is 46.9 Å². The van der Waals surface area contributed by atoms with Crippen LogP contribution in [0.2, 0.25) is 5.02 Å². The van der Waals surface area contributed by atoms with Gasteiger partial charge in [0.1, 0.15) is 29.8 Å². The lowest BCUT2D eigenvalue weighted by molar-refractivity contribution is -0.139. The normalized spacial score (nSPS) is 18.4. The summed E-state index contributed by atoms with van der Waals surface area (Å²) in [6.07, 6.45) is -1.62. The van der Waals surface area contributed by atoms with Gasteiger partial charge in [0.15, 0.2) is 0 Å². The first kappa shape index (κ1) is 30.9. The lowest BCUT2D eigenvalue weighted by atomic mass is 9.96. The minimum atomic E-state index is -4.75. The number of carbonyl (C=O) groups is 1. The lowest BCUT2D eigenvalue weighted by Gasteiger charge is -2.31. The van der Waals surface area contributed by atoms with Crippen LogP contribution in [0.4, 0.5) is 22.0 Å². The first-order valence-electron chi connectivity index (χ1n) is 15.0. The molecule has 3 heterocycles. The average Bonchev–Trinajstić information content (AvgIpc) is 3.75. The SMILES string of the molecule is O=C(O)c1cc(C2CC2)c2nc(CN3CCc4cc(C(F)(F)F)c(OCc5c(F)cc(Cl)cc5F)cc4C3)n(C[C@@H]3CCO3)c2c1. The Morgan fingerprint density at radius 3 is 2.43 bits per heavy atom. The fraction of sp³-hybridized carbons (Fsp3) is 0.394. The second-order valence-corrected chi connectivity index (χ2v) is 12.6. The third-order valence-corrected chi connectivity index (χ3v) is 9.17. The van der Waals surface area contributed by atoms with Crippen LogP contribution in [0, 0.1) is 11.6 Å². The number of fused-ring (bicyclic) bond motifs is 2. The van der Waals surface area contributed by atoms with Crippen LogP contribution in [0.1, 0.15) is 69.2 Å². The molecular weight excluding hydrogens is 633 g/mol. The van der Waals surface area contributed by atoms with Gasteiger partial charge in [0.2, 0.25) is 0 Å². The molecule has 1 aromatic heterocycles. The molecule has 242 valence electrons. The van der Waals surface area contributed by atoms with Crippen molar-refractivity contribution in [2.75, 3.05) is 13.2 Å². The van der Waals surface area contributed by atoms with Crippen LogP contribution in [0.3, 0.4) is 0 Å². The largest absolute Gasteiger partial charge is 0.488 e. The van der Waals surface area contributed by atoms with Gasteiger partial charge in [-0.25, -0.2) is 18.6 Å². The first-order chi connectivity index (χ1) is 21.9. The van der Waals surface area contributed by atoms with E-state index in [0.29, 0.717) is 43.8 Å². The Morgan fingerprint density at radius 2 is 1.80 bits per heavy atom. The molecule has 2 fully saturated rings. The lowest BCUT2D eigenvalue weighted by Crippen LogP contribution is -2.34. The van der Waals surface area contributed by atoms with Gasteiger partial charge < -0.3 is 19.1 Å². The van der Waals surface area contributed by atoms with E-state index in [1.165, 1.54) is 6.07 Å². The van der Waals surface area contributed by atoms with Crippen LogP contribution in [0.15, 0.2) is 36.4 Å². The molecule has 0 amide bonds. The third-order valence-electron chi connectivity index (χ3n) is 8.95. The van der Waals surface area contributed by atoms with Crippen molar-refractivity contribution < 1.29 is 41.3 Å². The molecule has 13 heteroatoms. The molecule has 1 aliphatic carbocycles. The molecule has 7 rings (SSSR count). The minimum absolute atomic E-state index is 0.0214. The van der Waals surface area contributed by atoms with E-state index in [0.717, 1.165) is 59.9 Å². The van der Waals surface area contributed by atoms with Crippen molar-refractivity contribution in [1.82, 2.24) is 14.5 Å². The van der Waals surface area contributed by atoms with Crippen LogP contribution >= 0.6 is 11.6 Å². The van der Waals surface area contributed by atoms with E-state index < -0.39 is 47.3 Å². The van der Waals surface area contributed by atoms with Gasteiger partial charge in [-0.3, -0.25) is 4.90 Å². The van der Waals surface area contributed by atoms with Crippen LogP contribution in [-0.2, 0) is 43.6 Å². The number of imidazole rings is 1. The van der Waals surface area contributed by atoms with Crippen LogP contribution < -0.4 is 4.74 Å². The van der Waals surface area contributed by atoms with E-state index in [1.807, 2.05) is 4.57 Å². The second kappa shape index (κ2) is 11.8. The third kappa shape index (κ3) is 6.05. The van der Waals surface area contributed by atoms with Crippen LogP contribution in [-0.4, -0.2) is 44.8 Å². The zero-order valence-corrected chi connectivity index (χ0v) is 25.2. The predicted molar refractivity (Wildman–Crippen MR) is 158 cm³/mol. The second-order valence-electron chi connectivity index (χ2n) is 12.1. The highest BCUT2D eigenvalue weighted by atomic mass is 35.5. The van der Waals surface area contributed by atoms with Crippen molar-refractivity contribution in [3.8, 4) is 5.75 Å². The molecule has 0 radical (unpaired) electrons. The van der Waals surface area contributed by atoms with Gasteiger partial charge in [-0.1, -0.05) is 11.6 Å². The van der Waals surface area contributed by atoms with E-state index in [2.05, 4.69) is 4.90 Å². The van der Waals surface area contributed by atoms with Crippen LogP contribution in [0.5, 0.6) is 5.75 Å². The number of aromatic nitrogens is 2. The van der Waals surface area contributed by atoms with Gasteiger partial charge in [0.25, 0.3) is 0 Å². The molecule has 1 N–H and O–H groups in total. The molecule has 0 spiro atoms. The highest BCUT2D eigenvalue weighted by Gasteiger charge is 2.37. The molecular formula is C33H29ClF5N3O4. The molecule has 1 atom stereocenters. The monoisotopic (exact) mass is 661 g/mol. The fourth-order valence-corrected chi connectivity index (χ4v) is 6.46. The van der Waals surface area contributed by atoms with Gasteiger partial charge in [-0.15, -0.1) is 0 Å². The van der Waals surface area contributed by atoms with Crippen molar-refractivity contribution in [2.45, 2.75) is 70.1 Å². The van der Waals surface area contributed by atoms with Crippen molar-refractivity contribution in [2.24, 2.45) is 0 Å². The highest BCUT2D eigenvalue weighted by Crippen LogP contribution is 2.44. The maximum atomic E-state index is 14.4. The van der Waals surface area contributed by atoms with E-state index in [1.54, 1.807) is 12.1 Å². The standard InChI is InChI=1S/C33H29ClF5N3O4/c34-21-11-26(35)24(27(36)12-21)16-46-29-10-20-13-41(5-3-18(20)8-25(29)33(37,38)39)15-30-40-31-23(17-1-2-17)7-19(32(43)44)9-28(31)42(30)14-22-4-6-45-22/h7-12,17,22H,1-6,13-16H2,(H,43,44)/t22-/m0/s1. The molecule has 2 aliphatic heterocycles. The quantitative estimate of drug-likeness (QED) is 0.187. The minimum Gasteiger partial charge on any atom is -0.488 e. The van der Waals surface area contributed by atoms with Gasteiger partial charge >= 0.3 is 12.1 Å². The summed E-state index contributed by atoms with van der Waals surface area (Å²) in [5, 5.41) is 9.63. The van der Waals surface area contributed by atoms with Crippen molar-refractivity contribution in [3.05, 3.63) is 92.3 Å². The molecule has 0 bridgehead atoms. The summed E-state index contributed by atoms with van der Waals surface area (Å²) in [5.74, 6) is -2.59. The molecule has 0 unspecified atom stereocenters. The number of ether oxygens (including phenoxy) is 2. The number of aromatic carboxylic acids is 1. The Bertz CT molecular complexity index is 1830. The van der Waals surface area contributed by atoms with Gasteiger partial charge in [-0.2, -0.15) is 13.2 Å². The number of nitrogens with zero attached hydrogens (tertiary/aromatic N) is 3. The van der Waals surface area contributed by atoms with E-state index in [9.17, 15) is 31.9 Å². The maximum absolute atomic E-state index is 14.4. The molecule has 3 aliphatic rings. The fourth-order valence-electron chi connectivity index (χ4n) is 6.26. The Morgan fingerprint density at radius 1 is 1.07 bits per heavy atom. The number of carboxylic acids is 1.